The quantitative estimate of drug-likeness (QED) is 0.753. The Bertz CT molecular complexity index is 520. The maximum Gasteiger partial charge on any atom is 0.334 e. The van der Waals surface area contributed by atoms with E-state index in [1.165, 1.54) is 0 Å². The van der Waals surface area contributed by atoms with Crippen molar-refractivity contribution >= 4 is 17.2 Å². The van der Waals surface area contributed by atoms with Crippen molar-refractivity contribution in [3.63, 3.8) is 0 Å². The highest BCUT2D eigenvalue weighted by Crippen LogP contribution is 2.21. The van der Waals surface area contributed by atoms with E-state index >= 15 is 0 Å². The summed E-state index contributed by atoms with van der Waals surface area (Å²) in [5, 5.41) is 12.6. The molecule has 0 aromatic carbocycles. The topological polar surface area (TPSA) is 75.8 Å². The number of nitrogens with one attached hydrogen (secondary N) is 1. The first-order chi connectivity index (χ1) is 7.26. The van der Waals surface area contributed by atoms with E-state index in [4.69, 9.17) is 8.83 Å². The summed E-state index contributed by atoms with van der Waals surface area (Å²) in [6, 6.07) is 1.68. The van der Waals surface area contributed by atoms with Gasteiger partial charge in [-0.3, -0.25) is 0 Å². The molecule has 0 atom stereocenters. The van der Waals surface area contributed by atoms with E-state index in [0.29, 0.717) is 18.0 Å². The van der Waals surface area contributed by atoms with Crippen molar-refractivity contribution in [1.29, 1.82) is 0 Å². The minimum Gasteiger partial charge on any atom is -0.421 e. The van der Waals surface area contributed by atoms with Crippen LogP contribution in [0.25, 0.3) is 11.3 Å². The monoisotopic (exact) mass is 211 g/mol. The Hall–Kier alpha value is -1.85. The predicted octanol–water partition coefficient (Wildman–Crippen LogP) is 1.42. The lowest BCUT2D eigenvalue weighted by atomic mass is 10.5. The summed E-state index contributed by atoms with van der Waals surface area (Å²) in [6.07, 6.45) is 0. The highest BCUT2D eigenvalue weighted by molar-refractivity contribution is 5.70. The third-order valence-corrected chi connectivity index (χ3v) is 1.90. The largest absolute Gasteiger partial charge is 0.421 e. The van der Waals surface area contributed by atoms with E-state index < -0.39 is 0 Å². The number of aromatic nitrogens is 1. The van der Waals surface area contributed by atoms with Crippen molar-refractivity contribution in [2.24, 2.45) is 4.99 Å². The van der Waals surface area contributed by atoms with Crippen LogP contribution in [0, 0.1) is 0 Å². The van der Waals surface area contributed by atoms with Crippen LogP contribution in [0.15, 0.2) is 19.9 Å². The molecule has 0 bridgehead atoms. The average Bonchev–Trinajstić information content (AvgIpc) is 2.70. The number of rotatable bonds is 3. The lowest BCUT2D eigenvalue weighted by Crippen LogP contribution is -2.13. The number of nitrogens with zero attached hydrogens (tertiary/aromatic N) is 2. The van der Waals surface area contributed by atoms with Gasteiger partial charge in [-0.1, -0.05) is 4.73 Å². The lowest BCUT2D eigenvalue weighted by Gasteiger charge is -1.94. The molecule has 15 heavy (non-hydrogen) atoms. The van der Waals surface area contributed by atoms with Gasteiger partial charge >= 0.3 is 5.68 Å². The molecule has 0 amide bonds. The number of furan rings is 1. The van der Waals surface area contributed by atoms with Gasteiger partial charge < -0.3 is 19.4 Å². The van der Waals surface area contributed by atoms with E-state index in [9.17, 15) is 5.21 Å². The van der Waals surface area contributed by atoms with Crippen molar-refractivity contribution in [1.82, 2.24) is 4.73 Å². The van der Waals surface area contributed by atoms with Crippen LogP contribution in [0.2, 0.25) is 0 Å². The summed E-state index contributed by atoms with van der Waals surface area (Å²) in [5.74, 6) is 0.567. The second-order valence-corrected chi connectivity index (χ2v) is 2.98. The molecule has 2 aromatic rings. The maximum absolute atomic E-state index is 9.61. The summed E-state index contributed by atoms with van der Waals surface area (Å²) in [5.41, 5.74) is 0.882. The van der Waals surface area contributed by atoms with Crippen LogP contribution in [0.1, 0.15) is 13.8 Å². The Morgan fingerprint density at radius 1 is 1.47 bits per heavy atom. The summed E-state index contributed by atoms with van der Waals surface area (Å²) in [6.45, 7) is 5.09. The molecule has 6 nitrogen and oxygen atoms in total. The van der Waals surface area contributed by atoms with Gasteiger partial charge in [0, 0.05) is 19.2 Å². The highest BCUT2D eigenvalue weighted by Gasteiger charge is 2.12. The Morgan fingerprint density at radius 3 is 2.87 bits per heavy atom. The molecular weight excluding hydrogens is 198 g/mol. The molecule has 2 aromatic heterocycles. The lowest BCUT2D eigenvalue weighted by molar-refractivity contribution is 0.157. The molecule has 2 N–H and O–H groups in total. The molecule has 0 aliphatic rings. The number of anilines is 1. The fraction of sp³-hybridized carbons (Fsp3) is 0.444. The SMILES string of the molecule is CCN=c1oc2cc(NCC)oc2n1O. The zero-order valence-corrected chi connectivity index (χ0v) is 8.65. The van der Waals surface area contributed by atoms with Gasteiger partial charge in [-0.2, -0.15) is 0 Å². The molecule has 0 spiro atoms. The van der Waals surface area contributed by atoms with Crippen molar-refractivity contribution < 1.29 is 14.0 Å². The standard InChI is InChI=1S/C9H13N3O3/c1-3-10-7-5-6-8(15-7)12(13)9(14-6)11-4-2/h5,10,13H,3-4H2,1-2H3. The normalized spacial score (nSPS) is 12.5. The summed E-state index contributed by atoms with van der Waals surface area (Å²) >= 11 is 0. The van der Waals surface area contributed by atoms with Gasteiger partial charge in [-0.05, 0) is 13.8 Å². The minimum absolute atomic E-state index is 0.147. The van der Waals surface area contributed by atoms with Crippen LogP contribution in [0.5, 0.6) is 0 Å². The van der Waals surface area contributed by atoms with Gasteiger partial charge in [0.25, 0.3) is 5.71 Å². The van der Waals surface area contributed by atoms with Gasteiger partial charge in [0.2, 0.25) is 0 Å². The zero-order chi connectivity index (χ0) is 10.8. The summed E-state index contributed by atoms with van der Waals surface area (Å²) in [4.78, 5) is 3.96. The molecule has 0 radical (unpaired) electrons. The van der Waals surface area contributed by atoms with Gasteiger partial charge in [0.05, 0.1) is 0 Å². The van der Waals surface area contributed by atoms with E-state index in [2.05, 4.69) is 10.3 Å². The minimum atomic E-state index is 0.147. The van der Waals surface area contributed by atoms with E-state index in [0.717, 1.165) is 11.3 Å². The molecule has 2 heterocycles. The van der Waals surface area contributed by atoms with E-state index in [1.54, 1.807) is 6.07 Å². The summed E-state index contributed by atoms with van der Waals surface area (Å²) in [7, 11) is 0. The number of fused-ring (bicyclic) bond motifs is 1. The molecule has 0 unspecified atom stereocenters. The summed E-state index contributed by atoms with van der Waals surface area (Å²) < 4.78 is 11.4. The Morgan fingerprint density at radius 2 is 2.27 bits per heavy atom. The molecule has 0 aliphatic carbocycles. The molecular formula is C9H13N3O3. The van der Waals surface area contributed by atoms with Gasteiger partial charge in [0.1, 0.15) is 0 Å². The molecule has 0 saturated carbocycles. The second-order valence-electron chi connectivity index (χ2n) is 2.98. The molecule has 0 aliphatic heterocycles. The first kappa shape index (κ1) is 9.70. The van der Waals surface area contributed by atoms with Crippen LogP contribution in [-0.2, 0) is 0 Å². The smallest absolute Gasteiger partial charge is 0.334 e. The third-order valence-electron chi connectivity index (χ3n) is 1.90. The Labute approximate surface area is 85.8 Å². The molecule has 6 heteroatoms. The Kier molecular flexibility index (Phi) is 2.40. The van der Waals surface area contributed by atoms with Crippen LogP contribution < -0.4 is 11.0 Å². The van der Waals surface area contributed by atoms with Crippen molar-refractivity contribution in [3.8, 4) is 0 Å². The zero-order valence-electron chi connectivity index (χ0n) is 8.65. The van der Waals surface area contributed by atoms with E-state index in [-0.39, 0.29) is 11.4 Å². The first-order valence-corrected chi connectivity index (χ1v) is 4.85. The number of hydrogen-bond donors (Lipinski definition) is 2. The van der Waals surface area contributed by atoms with Crippen molar-refractivity contribution in [3.05, 3.63) is 11.8 Å². The second kappa shape index (κ2) is 3.72. The van der Waals surface area contributed by atoms with Gasteiger partial charge in [-0.15, -0.1) is 0 Å². The fourth-order valence-electron chi connectivity index (χ4n) is 1.31. The average molecular weight is 211 g/mol. The van der Waals surface area contributed by atoms with Crippen LogP contribution in [-0.4, -0.2) is 23.0 Å². The fourth-order valence-corrected chi connectivity index (χ4v) is 1.31. The Balaban J connectivity index is 2.53. The van der Waals surface area contributed by atoms with Gasteiger partial charge in [-0.25, -0.2) is 4.99 Å². The highest BCUT2D eigenvalue weighted by atomic mass is 16.5. The van der Waals surface area contributed by atoms with E-state index in [1.807, 2.05) is 13.8 Å². The first-order valence-electron chi connectivity index (χ1n) is 4.85. The van der Waals surface area contributed by atoms with Crippen LogP contribution in [0.3, 0.4) is 0 Å². The van der Waals surface area contributed by atoms with Crippen LogP contribution in [0.4, 0.5) is 5.88 Å². The maximum atomic E-state index is 9.61. The third kappa shape index (κ3) is 1.58. The van der Waals surface area contributed by atoms with Crippen LogP contribution >= 0.6 is 0 Å². The van der Waals surface area contributed by atoms with Crippen molar-refractivity contribution in [2.75, 3.05) is 18.4 Å². The van der Waals surface area contributed by atoms with Crippen molar-refractivity contribution in [2.45, 2.75) is 13.8 Å². The van der Waals surface area contributed by atoms with Gasteiger partial charge in [0.15, 0.2) is 11.5 Å². The molecule has 0 fully saturated rings. The number of hydrogen-bond acceptors (Lipinski definition) is 5. The number of oxazole rings is 1. The molecule has 82 valence electrons. The molecule has 0 saturated heterocycles. The molecule has 2 rings (SSSR count). The predicted molar refractivity (Wildman–Crippen MR) is 53.9 cm³/mol.